The second-order valence-corrected chi connectivity index (χ2v) is 8.81. The summed E-state index contributed by atoms with van der Waals surface area (Å²) < 4.78 is 31.2. The number of nitrogens with zero attached hydrogens (tertiary/aromatic N) is 3. The minimum Gasteiger partial charge on any atom is -0.435 e. The van der Waals surface area contributed by atoms with Crippen molar-refractivity contribution in [2.45, 2.75) is 45.0 Å². The van der Waals surface area contributed by atoms with E-state index in [2.05, 4.69) is 44.0 Å². The van der Waals surface area contributed by atoms with E-state index in [9.17, 15) is 13.6 Å². The molecule has 1 amide bonds. The van der Waals surface area contributed by atoms with E-state index in [4.69, 9.17) is 0 Å². The van der Waals surface area contributed by atoms with Crippen molar-refractivity contribution in [2.24, 2.45) is 5.92 Å². The summed E-state index contributed by atoms with van der Waals surface area (Å²) in [5, 5.41) is 15.6. The van der Waals surface area contributed by atoms with Gasteiger partial charge < -0.3 is 19.9 Å². The summed E-state index contributed by atoms with van der Waals surface area (Å²) >= 11 is 1.58. The molecule has 1 heterocycles. The van der Waals surface area contributed by atoms with E-state index in [1.165, 1.54) is 12.1 Å². The highest BCUT2D eigenvalue weighted by molar-refractivity contribution is 7.98. The van der Waals surface area contributed by atoms with Gasteiger partial charge in [-0.2, -0.15) is 8.78 Å². The van der Waals surface area contributed by atoms with Gasteiger partial charge in [0, 0.05) is 25.2 Å². The largest absolute Gasteiger partial charge is 0.435 e. The molecule has 0 saturated carbocycles. The van der Waals surface area contributed by atoms with Gasteiger partial charge in [0.15, 0.2) is 5.16 Å². The molecule has 0 fully saturated rings. The molecule has 0 bridgehead atoms. The Labute approximate surface area is 202 Å². The first-order valence-electron chi connectivity index (χ1n) is 11.0. The number of halogens is 2. The lowest BCUT2D eigenvalue weighted by atomic mass is 10.1. The number of hydrogen-bond donors (Lipinski definition) is 2. The van der Waals surface area contributed by atoms with Gasteiger partial charge in [0.1, 0.15) is 11.6 Å². The smallest absolute Gasteiger partial charge is 0.387 e. The molecule has 0 atom stereocenters. The Morgan fingerprint density at radius 2 is 1.85 bits per heavy atom. The van der Waals surface area contributed by atoms with Gasteiger partial charge in [0.25, 0.3) is 5.91 Å². The van der Waals surface area contributed by atoms with Crippen LogP contribution in [0.1, 0.15) is 36.5 Å². The first-order valence-corrected chi connectivity index (χ1v) is 12.2. The molecular formula is C24H29F2N5O2S. The summed E-state index contributed by atoms with van der Waals surface area (Å²) in [6.45, 7) is 2.80. The lowest BCUT2D eigenvalue weighted by molar-refractivity contribution is -0.0498. The topological polar surface area (TPSA) is 81.1 Å². The molecule has 182 valence electrons. The zero-order valence-electron chi connectivity index (χ0n) is 19.4. The van der Waals surface area contributed by atoms with Crippen molar-refractivity contribution in [1.29, 1.82) is 0 Å². The third kappa shape index (κ3) is 7.18. The molecule has 10 heteroatoms. The summed E-state index contributed by atoms with van der Waals surface area (Å²) in [5.74, 6) is 1.28. The van der Waals surface area contributed by atoms with Crippen LogP contribution in [0.3, 0.4) is 0 Å². The second-order valence-electron chi connectivity index (χ2n) is 8.04. The Hall–Kier alpha value is -3.14. The Morgan fingerprint density at radius 1 is 1.12 bits per heavy atom. The maximum absolute atomic E-state index is 12.8. The van der Waals surface area contributed by atoms with E-state index in [0.717, 1.165) is 23.9 Å². The summed E-state index contributed by atoms with van der Waals surface area (Å²) in [4.78, 5) is 12.8. The van der Waals surface area contributed by atoms with Gasteiger partial charge >= 0.3 is 6.61 Å². The van der Waals surface area contributed by atoms with Gasteiger partial charge in [-0.05, 0) is 55.0 Å². The predicted molar refractivity (Wildman–Crippen MR) is 130 cm³/mol. The summed E-state index contributed by atoms with van der Waals surface area (Å²) in [6, 6.07) is 13.2. The standard InChI is InChI=1S/C24H29F2N5O2S/c1-16(2)15-31-21(29-30-24(31)34-3)9-6-14-27-22(32)19-7-4-5-8-20(19)28-17-10-12-18(13-11-17)33-23(25)26/h4-5,7-8,10-13,16,23,28H,6,9,14-15H2,1-3H3,(H,27,32). The predicted octanol–water partition coefficient (Wildman–Crippen LogP) is 5.36. The maximum atomic E-state index is 12.8. The van der Waals surface area contributed by atoms with Gasteiger partial charge in [-0.3, -0.25) is 4.79 Å². The molecule has 0 aliphatic rings. The molecule has 34 heavy (non-hydrogen) atoms. The summed E-state index contributed by atoms with van der Waals surface area (Å²) in [7, 11) is 0. The zero-order chi connectivity index (χ0) is 24.5. The van der Waals surface area contributed by atoms with Gasteiger partial charge in [-0.1, -0.05) is 37.7 Å². The number of benzene rings is 2. The maximum Gasteiger partial charge on any atom is 0.387 e. The van der Waals surface area contributed by atoms with Crippen LogP contribution in [0.5, 0.6) is 5.75 Å². The van der Waals surface area contributed by atoms with E-state index in [0.29, 0.717) is 35.8 Å². The van der Waals surface area contributed by atoms with Crippen LogP contribution in [0, 0.1) is 5.92 Å². The molecule has 0 aliphatic carbocycles. The highest BCUT2D eigenvalue weighted by Crippen LogP contribution is 2.24. The van der Waals surface area contributed by atoms with Crippen molar-refractivity contribution in [3.05, 3.63) is 59.9 Å². The number of thioether (sulfide) groups is 1. The van der Waals surface area contributed by atoms with Crippen molar-refractivity contribution >= 4 is 29.0 Å². The summed E-state index contributed by atoms with van der Waals surface area (Å²) in [6.07, 6.45) is 3.44. The summed E-state index contributed by atoms with van der Waals surface area (Å²) in [5.41, 5.74) is 1.75. The number of aromatic nitrogens is 3. The minimum atomic E-state index is -2.87. The van der Waals surface area contributed by atoms with Gasteiger partial charge in [0.05, 0.1) is 11.3 Å². The number of aryl methyl sites for hydroxylation is 1. The van der Waals surface area contributed by atoms with Crippen LogP contribution in [-0.2, 0) is 13.0 Å². The molecule has 3 aromatic rings. The Balaban J connectivity index is 1.57. The van der Waals surface area contributed by atoms with E-state index in [1.807, 2.05) is 12.3 Å². The number of nitrogens with one attached hydrogen (secondary N) is 2. The highest BCUT2D eigenvalue weighted by Gasteiger charge is 2.14. The fourth-order valence-corrected chi connectivity index (χ4v) is 3.94. The van der Waals surface area contributed by atoms with Crippen molar-refractivity contribution < 1.29 is 18.3 Å². The Kier molecular flexibility index (Phi) is 9.26. The first-order chi connectivity index (χ1) is 16.4. The third-order valence-corrected chi connectivity index (χ3v) is 5.58. The van der Waals surface area contributed by atoms with Crippen molar-refractivity contribution in [3.8, 4) is 5.75 Å². The van der Waals surface area contributed by atoms with Crippen molar-refractivity contribution in [3.63, 3.8) is 0 Å². The van der Waals surface area contributed by atoms with Crippen LogP contribution >= 0.6 is 11.8 Å². The molecule has 1 aromatic heterocycles. The average molecular weight is 490 g/mol. The molecule has 0 spiro atoms. The molecule has 0 radical (unpaired) electrons. The van der Waals surface area contributed by atoms with E-state index in [1.54, 1.807) is 42.1 Å². The molecule has 2 N–H and O–H groups in total. The van der Waals surface area contributed by atoms with Crippen LogP contribution in [-0.4, -0.2) is 40.1 Å². The van der Waals surface area contributed by atoms with Gasteiger partial charge in [-0.15, -0.1) is 10.2 Å². The average Bonchev–Trinajstić information content (AvgIpc) is 3.18. The molecule has 0 unspecified atom stereocenters. The number of alkyl halides is 2. The molecular weight excluding hydrogens is 460 g/mol. The lowest BCUT2D eigenvalue weighted by Gasteiger charge is -2.13. The number of para-hydroxylation sites is 1. The fraction of sp³-hybridized carbons (Fsp3) is 0.375. The van der Waals surface area contributed by atoms with E-state index in [-0.39, 0.29) is 11.7 Å². The molecule has 3 rings (SSSR count). The van der Waals surface area contributed by atoms with Gasteiger partial charge in [0.2, 0.25) is 0 Å². The van der Waals surface area contributed by atoms with Crippen LogP contribution in [0.4, 0.5) is 20.2 Å². The number of amides is 1. The molecule has 0 aliphatic heterocycles. The fourth-order valence-electron chi connectivity index (χ4n) is 3.41. The van der Waals surface area contributed by atoms with E-state index < -0.39 is 6.61 Å². The van der Waals surface area contributed by atoms with E-state index >= 15 is 0 Å². The van der Waals surface area contributed by atoms with Crippen molar-refractivity contribution in [1.82, 2.24) is 20.1 Å². The number of hydrogen-bond acceptors (Lipinski definition) is 6. The normalized spacial score (nSPS) is 11.1. The number of anilines is 2. The van der Waals surface area contributed by atoms with Gasteiger partial charge in [-0.25, -0.2) is 0 Å². The molecule has 0 saturated heterocycles. The second kappa shape index (κ2) is 12.4. The Morgan fingerprint density at radius 3 is 2.53 bits per heavy atom. The number of carbonyl (C=O) groups excluding carboxylic acids is 1. The van der Waals surface area contributed by atoms with Crippen LogP contribution < -0.4 is 15.4 Å². The highest BCUT2D eigenvalue weighted by atomic mass is 32.2. The Bertz CT molecular complexity index is 1070. The number of ether oxygens (including phenoxy) is 1. The molecule has 2 aromatic carbocycles. The quantitative estimate of drug-likeness (QED) is 0.263. The monoisotopic (exact) mass is 489 g/mol. The van der Waals surface area contributed by atoms with Crippen LogP contribution in [0.2, 0.25) is 0 Å². The SMILES string of the molecule is CSc1nnc(CCCNC(=O)c2ccccc2Nc2ccc(OC(F)F)cc2)n1CC(C)C. The number of rotatable bonds is 12. The van der Waals surface area contributed by atoms with Crippen LogP contribution in [0.15, 0.2) is 53.7 Å². The molecule has 7 nitrogen and oxygen atoms in total. The minimum absolute atomic E-state index is 0.0699. The van der Waals surface area contributed by atoms with Crippen LogP contribution in [0.25, 0.3) is 0 Å². The number of carbonyl (C=O) groups is 1. The zero-order valence-corrected chi connectivity index (χ0v) is 20.2. The van der Waals surface area contributed by atoms with Crippen molar-refractivity contribution in [2.75, 3.05) is 18.1 Å². The lowest BCUT2D eigenvalue weighted by Crippen LogP contribution is -2.25. The first kappa shape index (κ1) is 25.5. The third-order valence-electron chi connectivity index (χ3n) is 4.92.